The highest BCUT2D eigenvalue weighted by molar-refractivity contribution is 5.88. The van der Waals surface area contributed by atoms with E-state index in [1.165, 1.54) is 0 Å². The number of ether oxygens (including phenoxy) is 2. The van der Waals surface area contributed by atoms with E-state index in [9.17, 15) is 4.79 Å². The summed E-state index contributed by atoms with van der Waals surface area (Å²) >= 11 is 0. The average Bonchev–Trinajstić information content (AvgIpc) is 2.86. The van der Waals surface area contributed by atoms with Gasteiger partial charge in [0.2, 0.25) is 0 Å². The summed E-state index contributed by atoms with van der Waals surface area (Å²) in [5.41, 5.74) is 0. The average molecular weight is 285 g/mol. The van der Waals surface area contributed by atoms with E-state index in [-0.39, 0.29) is 18.2 Å². The second-order valence-electron chi connectivity index (χ2n) is 5.54. The Morgan fingerprint density at radius 1 is 1.24 bits per heavy atom. The Morgan fingerprint density at radius 2 is 2.00 bits per heavy atom. The zero-order valence-corrected chi connectivity index (χ0v) is 12.3. The molecule has 0 radical (unpaired) electrons. The van der Waals surface area contributed by atoms with Gasteiger partial charge in [0.25, 0.3) is 0 Å². The van der Waals surface area contributed by atoms with Crippen molar-refractivity contribution in [3.8, 4) is 5.75 Å². The van der Waals surface area contributed by atoms with Crippen LogP contribution < -0.4 is 4.74 Å². The maximum atomic E-state index is 11.7. The van der Waals surface area contributed by atoms with Gasteiger partial charge in [0.1, 0.15) is 12.4 Å². The minimum Gasteiger partial charge on any atom is -0.489 e. The molecule has 1 saturated heterocycles. The number of rotatable bonds is 4. The summed E-state index contributed by atoms with van der Waals surface area (Å²) in [7, 11) is 0. The number of hydrogen-bond donors (Lipinski definition) is 0. The van der Waals surface area contributed by atoms with E-state index in [2.05, 4.69) is 12.1 Å². The lowest BCUT2D eigenvalue weighted by Crippen LogP contribution is -2.32. The largest absolute Gasteiger partial charge is 0.489 e. The summed E-state index contributed by atoms with van der Waals surface area (Å²) in [5, 5.41) is 2.22. The first-order valence-electron chi connectivity index (χ1n) is 7.23. The van der Waals surface area contributed by atoms with Crippen LogP contribution in [0.4, 0.5) is 4.79 Å². The van der Waals surface area contributed by atoms with Crippen LogP contribution in [0.25, 0.3) is 10.8 Å². The molecular weight excluding hydrogens is 266 g/mol. The van der Waals surface area contributed by atoms with Crippen molar-refractivity contribution in [3.05, 3.63) is 42.5 Å². The minimum atomic E-state index is -0.253. The third-order valence-corrected chi connectivity index (χ3v) is 3.70. The molecule has 2 aromatic carbocycles. The standard InChI is InChI=1S/C17H19NO3/c1-12(2)18-10-14(21-17(18)19)11-20-16-9-5-7-13-6-3-4-8-15(13)16/h3-9,12,14H,10-11H2,1-2H3/t14-/m1/s1. The number of fused-ring (bicyclic) bond motifs is 1. The fourth-order valence-corrected chi connectivity index (χ4v) is 2.55. The third kappa shape index (κ3) is 2.79. The third-order valence-electron chi connectivity index (χ3n) is 3.70. The first-order valence-corrected chi connectivity index (χ1v) is 7.23. The van der Waals surface area contributed by atoms with Crippen molar-refractivity contribution in [2.24, 2.45) is 0 Å². The molecule has 1 heterocycles. The van der Waals surface area contributed by atoms with Crippen LogP contribution in [0.3, 0.4) is 0 Å². The Hall–Kier alpha value is -2.23. The van der Waals surface area contributed by atoms with Crippen molar-refractivity contribution < 1.29 is 14.3 Å². The number of amides is 1. The Labute approximate surface area is 124 Å². The van der Waals surface area contributed by atoms with Gasteiger partial charge in [-0.2, -0.15) is 0 Å². The van der Waals surface area contributed by atoms with Crippen LogP contribution in [0.1, 0.15) is 13.8 Å². The number of cyclic esters (lactones) is 1. The van der Waals surface area contributed by atoms with Gasteiger partial charge in [0, 0.05) is 11.4 Å². The van der Waals surface area contributed by atoms with Gasteiger partial charge in [-0.1, -0.05) is 36.4 Å². The molecular formula is C17H19NO3. The van der Waals surface area contributed by atoms with E-state index in [1.807, 2.05) is 44.2 Å². The van der Waals surface area contributed by atoms with Crippen LogP contribution in [-0.2, 0) is 4.74 Å². The molecule has 0 aliphatic carbocycles. The fourth-order valence-electron chi connectivity index (χ4n) is 2.55. The first kappa shape index (κ1) is 13.7. The van der Waals surface area contributed by atoms with Crippen molar-refractivity contribution in [2.75, 3.05) is 13.2 Å². The maximum Gasteiger partial charge on any atom is 0.410 e. The molecule has 1 aliphatic rings. The molecule has 4 nitrogen and oxygen atoms in total. The van der Waals surface area contributed by atoms with Gasteiger partial charge in [0.15, 0.2) is 6.10 Å². The van der Waals surface area contributed by atoms with Crippen molar-refractivity contribution in [2.45, 2.75) is 26.0 Å². The summed E-state index contributed by atoms with van der Waals surface area (Å²) < 4.78 is 11.2. The molecule has 1 amide bonds. The second-order valence-corrected chi connectivity index (χ2v) is 5.54. The molecule has 2 aromatic rings. The molecule has 4 heteroatoms. The summed E-state index contributed by atoms with van der Waals surface area (Å²) in [4.78, 5) is 13.4. The fraction of sp³-hybridized carbons (Fsp3) is 0.353. The van der Waals surface area contributed by atoms with Crippen LogP contribution in [-0.4, -0.2) is 36.3 Å². The van der Waals surface area contributed by atoms with Crippen LogP contribution in [0.15, 0.2) is 42.5 Å². The minimum absolute atomic E-state index is 0.153. The zero-order chi connectivity index (χ0) is 14.8. The molecule has 0 saturated carbocycles. The number of nitrogens with zero attached hydrogens (tertiary/aromatic N) is 1. The maximum absolute atomic E-state index is 11.7. The van der Waals surface area contributed by atoms with Gasteiger partial charge >= 0.3 is 6.09 Å². The van der Waals surface area contributed by atoms with Gasteiger partial charge in [-0.3, -0.25) is 0 Å². The van der Waals surface area contributed by atoms with E-state index in [1.54, 1.807) is 4.90 Å². The van der Waals surface area contributed by atoms with E-state index < -0.39 is 0 Å². The first-order chi connectivity index (χ1) is 10.1. The van der Waals surface area contributed by atoms with E-state index in [4.69, 9.17) is 9.47 Å². The molecule has 0 bridgehead atoms. The smallest absolute Gasteiger partial charge is 0.410 e. The van der Waals surface area contributed by atoms with Gasteiger partial charge < -0.3 is 14.4 Å². The van der Waals surface area contributed by atoms with Crippen LogP contribution in [0, 0.1) is 0 Å². The topological polar surface area (TPSA) is 38.8 Å². The van der Waals surface area contributed by atoms with Crippen molar-refractivity contribution in [3.63, 3.8) is 0 Å². The van der Waals surface area contributed by atoms with Crippen molar-refractivity contribution in [1.29, 1.82) is 0 Å². The number of carbonyl (C=O) groups excluding carboxylic acids is 1. The molecule has 1 atom stereocenters. The van der Waals surface area contributed by atoms with E-state index in [0.717, 1.165) is 16.5 Å². The Balaban J connectivity index is 1.69. The lowest BCUT2D eigenvalue weighted by Gasteiger charge is -2.17. The molecule has 1 fully saturated rings. The summed E-state index contributed by atoms with van der Waals surface area (Å²) in [6, 6.07) is 14.2. The van der Waals surface area contributed by atoms with Crippen LogP contribution in [0.5, 0.6) is 5.75 Å². The normalized spacial score (nSPS) is 18.3. The lowest BCUT2D eigenvalue weighted by atomic mass is 10.1. The van der Waals surface area contributed by atoms with Crippen molar-refractivity contribution >= 4 is 16.9 Å². The van der Waals surface area contributed by atoms with Gasteiger partial charge in [-0.15, -0.1) is 0 Å². The molecule has 0 N–H and O–H groups in total. The van der Waals surface area contributed by atoms with Gasteiger partial charge in [-0.05, 0) is 25.3 Å². The highest BCUT2D eigenvalue weighted by Crippen LogP contribution is 2.26. The molecule has 21 heavy (non-hydrogen) atoms. The van der Waals surface area contributed by atoms with Gasteiger partial charge in [-0.25, -0.2) is 4.79 Å². The quantitative estimate of drug-likeness (QED) is 0.863. The Bertz CT molecular complexity index is 648. The lowest BCUT2D eigenvalue weighted by molar-refractivity contribution is 0.102. The monoisotopic (exact) mass is 285 g/mol. The molecule has 0 unspecified atom stereocenters. The van der Waals surface area contributed by atoms with Gasteiger partial charge in [0.05, 0.1) is 6.54 Å². The number of benzene rings is 2. The van der Waals surface area contributed by atoms with E-state index in [0.29, 0.717) is 13.2 Å². The summed E-state index contributed by atoms with van der Waals surface area (Å²) in [6.45, 7) is 4.93. The molecule has 1 aliphatic heterocycles. The predicted molar refractivity (Wildman–Crippen MR) is 81.6 cm³/mol. The van der Waals surface area contributed by atoms with Crippen molar-refractivity contribution in [1.82, 2.24) is 4.90 Å². The molecule has 3 rings (SSSR count). The second kappa shape index (κ2) is 5.64. The SMILES string of the molecule is CC(C)N1C[C@H](COc2cccc3ccccc23)OC1=O. The number of hydrogen-bond acceptors (Lipinski definition) is 3. The molecule has 0 aromatic heterocycles. The Morgan fingerprint density at radius 3 is 2.76 bits per heavy atom. The molecule has 110 valence electrons. The highest BCUT2D eigenvalue weighted by Gasteiger charge is 2.33. The molecule has 0 spiro atoms. The predicted octanol–water partition coefficient (Wildman–Crippen LogP) is 3.45. The van der Waals surface area contributed by atoms with Crippen LogP contribution >= 0.6 is 0 Å². The van der Waals surface area contributed by atoms with Crippen LogP contribution in [0.2, 0.25) is 0 Å². The van der Waals surface area contributed by atoms with E-state index >= 15 is 0 Å². The zero-order valence-electron chi connectivity index (χ0n) is 12.3. The summed E-state index contributed by atoms with van der Waals surface area (Å²) in [6.07, 6.45) is -0.463. The summed E-state index contributed by atoms with van der Waals surface area (Å²) in [5.74, 6) is 0.826. The number of carbonyl (C=O) groups is 1. The highest BCUT2D eigenvalue weighted by atomic mass is 16.6. The Kier molecular flexibility index (Phi) is 3.69.